The smallest absolute Gasteiger partial charge is 0.188 e. The van der Waals surface area contributed by atoms with Gasteiger partial charge in [0.1, 0.15) is 4.90 Å². The fourth-order valence-electron chi connectivity index (χ4n) is 2.08. The molecule has 2 aromatic rings. The zero-order valence-electron chi connectivity index (χ0n) is 12.2. The molecule has 0 N–H and O–H groups in total. The van der Waals surface area contributed by atoms with E-state index in [4.69, 9.17) is 0 Å². The lowest BCUT2D eigenvalue weighted by Gasteiger charge is -2.13. The molecule has 0 saturated heterocycles. The maximum Gasteiger partial charge on any atom is 0.188 e. The minimum Gasteiger partial charge on any atom is -0.274 e. The van der Waals surface area contributed by atoms with Gasteiger partial charge in [0.25, 0.3) is 0 Å². The molecule has 0 amide bonds. The molecular weight excluding hydrogens is 272 g/mol. The summed E-state index contributed by atoms with van der Waals surface area (Å²) in [5, 5.41) is 3.36. The van der Waals surface area contributed by atoms with Gasteiger partial charge in [-0.2, -0.15) is 5.10 Å². The number of sulfone groups is 1. The number of hydrogen-bond donors (Lipinski definition) is 0. The molecule has 108 valence electrons. The lowest BCUT2D eigenvalue weighted by Crippen LogP contribution is -2.10. The summed E-state index contributed by atoms with van der Waals surface area (Å²) in [5.41, 5.74) is 2.01. The monoisotopic (exact) mass is 292 g/mol. The Balaban J connectivity index is 2.33. The third-order valence-electron chi connectivity index (χ3n) is 3.55. The molecule has 4 nitrogen and oxygen atoms in total. The highest BCUT2D eigenvalue weighted by molar-refractivity contribution is 7.91. The van der Waals surface area contributed by atoms with Gasteiger partial charge in [0.05, 0.1) is 11.4 Å². The first-order valence-electron chi connectivity index (χ1n) is 6.64. The normalized spacial score (nSPS) is 13.7. The van der Waals surface area contributed by atoms with E-state index in [0.717, 1.165) is 5.56 Å². The van der Waals surface area contributed by atoms with Crippen molar-refractivity contribution in [2.45, 2.75) is 36.8 Å². The average molecular weight is 292 g/mol. The highest BCUT2D eigenvalue weighted by Gasteiger charge is 2.26. The fraction of sp³-hybridized carbons (Fsp3) is 0.400. The number of hydrogen-bond acceptors (Lipinski definition) is 3. The second-order valence-corrected chi connectivity index (χ2v) is 7.63. The van der Waals surface area contributed by atoms with Crippen LogP contribution in [-0.2, 0) is 16.9 Å². The maximum atomic E-state index is 12.5. The summed E-state index contributed by atoms with van der Waals surface area (Å²) in [7, 11) is -1.68. The minimum absolute atomic E-state index is 0.264. The van der Waals surface area contributed by atoms with Gasteiger partial charge in [-0.25, -0.2) is 8.42 Å². The molecule has 2 rings (SSSR count). The van der Waals surface area contributed by atoms with Crippen LogP contribution in [0.5, 0.6) is 0 Å². The van der Waals surface area contributed by atoms with Crippen LogP contribution in [0.1, 0.15) is 43.1 Å². The van der Waals surface area contributed by atoms with Crippen LogP contribution in [0.25, 0.3) is 0 Å². The maximum absolute atomic E-state index is 12.5. The van der Waals surface area contributed by atoms with E-state index in [1.165, 1.54) is 22.6 Å². The Kier molecular flexibility index (Phi) is 3.99. The fourth-order valence-corrected chi connectivity index (χ4v) is 3.50. The van der Waals surface area contributed by atoms with Crippen LogP contribution in [0.15, 0.2) is 41.6 Å². The van der Waals surface area contributed by atoms with E-state index in [1.54, 1.807) is 14.0 Å². The van der Waals surface area contributed by atoms with Crippen molar-refractivity contribution in [3.8, 4) is 0 Å². The van der Waals surface area contributed by atoms with Crippen molar-refractivity contribution in [1.82, 2.24) is 9.78 Å². The summed E-state index contributed by atoms with van der Waals surface area (Å²) < 4.78 is 26.5. The molecule has 1 aromatic carbocycles. The van der Waals surface area contributed by atoms with Crippen molar-refractivity contribution in [3.63, 3.8) is 0 Å². The standard InChI is InChI=1S/C15H20N2O2S/c1-11(2)13-5-7-14(8-6-13)12(3)20(18,19)15-9-16-17(4)10-15/h5-12H,1-4H3. The molecule has 1 heterocycles. The lowest BCUT2D eigenvalue weighted by atomic mass is 10.0. The van der Waals surface area contributed by atoms with Gasteiger partial charge < -0.3 is 0 Å². The van der Waals surface area contributed by atoms with Gasteiger partial charge in [0, 0.05) is 13.2 Å². The molecule has 1 unspecified atom stereocenters. The summed E-state index contributed by atoms with van der Waals surface area (Å²) >= 11 is 0. The van der Waals surface area contributed by atoms with Crippen molar-refractivity contribution < 1.29 is 8.42 Å². The molecule has 1 atom stereocenters. The Morgan fingerprint density at radius 1 is 1.05 bits per heavy atom. The number of nitrogens with zero attached hydrogens (tertiary/aromatic N) is 2. The number of rotatable bonds is 4. The zero-order valence-corrected chi connectivity index (χ0v) is 13.1. The summed E-state index contributed by atoms with van der Waals surface area (Å²) in [4.78, 5) is 0.264. The van der Waals surface area contributed by atoms with Gasteiger partial charge in [-0.3, -0.25) is 4.68 Å². The summed E-state index contributed by atoms with van der Waals surface area (Å²) in [5.74, 6) is 0.439. The molecule has 0 radical (unpaired) electrons. The molecule has 0 aliphatic heterocycles. The Bertz CT molecular complexity index is 685. The van der Waals surface area contributed by atoms with Crippen molar-refractivity contribution in [3.05, 3.63) is 47.8 Å². The van der Waals surface area contributed by atoms with Crippen LogP contribution in [0, 0.1) is 0 Å². The molecule has 5 heteroatoms. The van der Waals surface area contributed by atoms with Crippen LogP contribution in [0.4, 0.5) is 0 Å². The van der Waals surface area contributed by atoms with Crippen LogP contribution >= 0.6 is 0 Å². The first kappa shape index (κ1) is 14.8. The predicted molar refractivity (Wildman–Crippen MR) is 79.3 cm³/mol. The Hall–Kier alpha value is -1.62. The quantitative estimate of drug-likeness (QED) is 0.870. The van der Waals surface area contributed by atoms with Crippen LogP contribution in [0.3, 0.4) is 0 Å². The third-order valence-corrected chi connectivity index (χ3v) is 5.62. The van der Waals surface area contributed by atoms with Gasteiger partial charge in [0.15, 0.2) is 9.84 Å². The largest absolute Gasteiger partial charge is 0.274 e. The highest BCUT2D eigenvalue weighted by Crippen LogP contribution is 2.29. The first-order chi connectivity index (χ1) is 9.32. The zero-order chi connectivity index (χ0) is 14.9. The molecule has 1 aromatic heterocycles. The molecule has 0 aliphatic carbocycles. The second kappa shape index (κ2) is 5.40. The Morgan fingerprint density at radius 2 is 1.60 bits per heavy atom. The number of aromatic nitrogens is 2. The molecule has 0 saturated carbocycles. The summed E-state index contributed by atoms with van der Waals surface area (Å²) in [6.07, 6.45) is 2.93. The molecular formula is C15H20N2O2S. The first-order valence-corrected chi connectivity index (χ1v) is 8.19. The Morgan fingerprint density at radius 3 is 2.05 bits per heavy atom. The van der Waals surface area contributed by atoms with Gasteiger partial charge in [0.2, 0.25) is 0 Å². The summed E-state index contributed by atoms with van der Waals surface area (Å²) in [6, 6.07) is 7.78. The van der Waals surface area contributed by atoms with Gasteiger partial charge in [-0.05, 0) is 24.0 Å². The topological polar surface area (TPSA) is 52.0 Å². The highest BCUT2D eigenvalue weighted by atomic mass is 32.2. The van der Waals surface area contributed by atoms with E-state index in [2.05, 4.69) is 18.9 Å². The van der Waals surface area contributed by atoms with Crippen LogP contribution in [0.2, 0.25) is 0 Å². The van der Waals surface area contributed by atoms with E-state index in [0.29, 0.717) is 5.92 Å². The van der Waals surface area contributed by atoms with Crippen molar-refractivity contribution >= 4 is 9.84 Å². The third kappa shape index (κ3) is 2.77. The van der Waals surface area contributed by atoms with Crippen LogP contribution in [-0.4, -0.2) is 18.2 Å². The lowest BCUT2D eigenvalue weighted by molar-refractivity contribution is 0.586. The predicted octanol–water partition coefficient (Wildman–Crippen LogP) is 3.08. The van der Waals surface area contributed by atoms with Crippen LogP contribution < -0.4 is 0 Å². The van der Waals surface area contributed by atoms with E-state index < -0.39 is 15.1 Å². The van der Waals surface area contributed by atoms with Crippen molar-refractivity contribution in [2.75, 3.05) is 0 Å². The van der Waals surface area contributed by atoms with Crippen molar-refractivity contribution in [1.29, 1.82) is 0 Å². The van der Waals surface area contributed by atoms with E-state index in [-0.39, 0.29) is 4.90 Å². The molecule has 0 aliphatic rings. The SMILES string of the molecule is CC(C)c1ccc(C(C)S(=O)(=O)c2cnn(C)c2)cc1. The molecule has 0 bridgehead atoms. The minimum atomic E-state index is -3.39. The number of aryl methyl sites for hydroxylation is 1. The van der Waals surface area contributed by atoms with Gasteiger partial charge >= 0.3 is 0 Å². The van der Waals surface area contributed by atoms with Crippen molar-refractivity contribution in [2.24, 2.45) is 7.05 Å². The molecule has 0 fully saturated rings. The van der Waals surface area contributed by atoms with Gasteiger partial charge in [-0.15, -0.1) is 0 Å². The van der Waals surface area contributed by atoms with E-state index in [1.807, 2.05) is 24.3 Å². The van der Waals surface area contributed by atoms with E-state index >= 15 is 0 Å². The average Bonchev–Trinajstić information content (AvgIpc) is 2.85. The van der Waals surface area contributed by atoms with E-state index in [9.17, 15) is 8.42 Å². The summed E-state index contributed by atoms with van der Waals surface area (Å²) in [6.45, 7) is 5.95. The number of benzene rings is 1. The second-order valence-electron chi connectivity index (χ2n) is 5.36. The van der Waals surface area contributed by atoms with Gasteiger partial charge in [-0.1, -0.05) is 38.1 Å². The Labute approximate surface area is 120 Å². The molecule has 20 heavy (non-hydrogen) atoms. The molecule has 0 spiro atoms.